The van der Waals surface area contributed by atoms with Crippen LogP contribution in [-0.4, -0.2) is 30.0 Å². The largest absolute Gasteiger partial charge is 0.497 e. The van der Waals surface area contributed by atoms with E-state index in [0.29, 0.717) is 11.4 Å². The van der Waals surface area contributed by atoms with Crippen molar-refractivity contribution in [3.8, 4) is 5.75 Å². The van der Waals surface area contributed by atoms with Gasteiger partial charge in [0, 0.05) is 18.8 Å². The smallest absolute Gasteiger partial charge is 0.278 e. The Morgan fingerprint density at radius 3 is 2.84 bits per heavy atom. The van der Waals surface area contributed by atoms with E-state index in [2.05, 4.69) is 9.97 Å². The number of benzene rings is 1. The van der Waals surface area contributed by atoms with Gasteiger partial charge in [-0.1, -0.05) is 6.07 Å². The van der Waals surface area contributed by atoms with Crippen LogP contribution in [0.3, 0.4) is 0 Å². The maximum atomic E-state index is 12.2. The Bertz CT molecular complexity index is 601. The lowest BCUT2D eigenvalue weighted by Gasteiger charge is -2.17. The zero-order valence-electron chi connectivity index (χ0n) is 10.7. The van der Waals surface area contributed by atoms with E-state index < -0.39 is 0 Å². The molecule has 98 valence electrons. The molecular formula is C13H14N4O2. The van der Waals surface area contributed by atoms with Gasteiger partial charge in [0.2, 0.25) is 0 Å². The molecule has 6 heteroatoms. The van der Waals surface area contributed by atoms with Crippen LogP contribution in [0.2, 0.25) is 0 Å². The predicted octanol–water partition coefficient (Wildman–Crippen LogP) is 1.34. The molecule has 0 radical (unpaired) electrons. The minimum atomic E-state index is -0.284. The van der Waals surface area contributed by atoms with E-state index >= 15 is 0 Å². The van der Waals surface area contributed by atoms with Crippen LogP contribution < -0.4 is 15.4 Å². The number of nitrogens with zero attached hydrogens (tertiary/aromatic N) is 3. The van der Waals surface area contributed by atoms with Gasteiger partial charge in [-0.2, -0.15) is 0 Å². The standard InChI is InChI=1S/C13H14N4O2/c1-17(9-4-3-5-10(6-9)19-2)13(18)11-7-15-8-12(14)16-11/h3-8H,1-2H3,(H2,14,16). The molecule has 0 unspecified atom stereocenters. The van der Waals surface area contributed by atoms with Crippen molar-refractivity contribution in [3.63, 3.8) is 0 Å². The Morgan fingerprint density at radius 2 is 2.16 bits per heavy atom. The highest BCUT2D eigenvalue weighted by Crippen LogP contribution is 2.21. The number of rotatable bonds is 3. The summed E-state index contributed by atoms with van der Waals surface area (Å²) in [6.07, 6.45) is 2.78. The number of aromatic nitrogens is 2. The lowest BCUT2D eigenvalue weighted by atomic mass is 10.2. The number of hydrogen-bond donors (Lipinski definition) is 1. The van der Waals surface area contributed by atoms with Crippen LogP contribution in [0.25, 0.3) is 0 Å². The molecule has 0 aliphatic heterocycles. The van der Waals surface area contributed by atoms with Crippen LogP contribution in [0.4, 0.5) is 11.5 Å². The maximum Gasteiger partial charge on any atom is 0.278 e. The van der Waals surface area contributed by atoms with E-state index in [0.717, 1.165) is 0 Å². The zero-order valence-corrected chi connectivity index (χ0v) is 10.7. The van der Waals surface area contributed by atoms with Gasteiger partial charge in [0.05, 0.1) is 19.5 Å². The molecule has 6 nitrogen and oxygen atoms in total. The maximum absolute atomic E-state index is 12.2. The minimum absolute atomic E-state index is 0.199. The Labute approximate surface area is 110 Å². The van der Waals surface area contributed by atoms with Crippen LogP contribution in [0.5, 0.6) is 5.75 Å². The van der Waals surface area contributed by atoms with Crippen LogP contribution in [0, 0.1) is 0 Å². The van der Waals surface area contributed by atoms with Crippen molar-refractivity contribution in [2.75, 3.05) is 24.8 Å². The molecule has 0 saturated carbocycles. The number of carbonyl (C=O) groups excluding carboxylic acids is 1. The van der Waals surface area contributed by atoms with E-state index in [4.69, 9.17) is 10.5 Å². The Hall–Kier alpha value is -2.63. The molecule has 0 atom stereocenters. The van der Waals surface area contributed by atoms with Crippen molar-refractivity contribution in [1.29, 1.82) is 0 Å². The molecule has 0 aliphatic carbocycles. The summed E-state index contributed by atoms with van der Waals surface area (Å²) in [5.74, 6) is 0.605. The average molecular weight is 258 g/mol. The summed E-state index contributed by atoms with van der Waals surface area (Å²) in [5.41, 5.74) is 6.42. The number of methoxy groups -OCH3 is 1. The molecular weight excluding hydrogens is 244 g/mol. The molecule has 0 aliphatic rings. The quantitative estimate of drug-likeness (QED) is 0.898. The molecule has 2 N–H and O–H groups in total. The summed E-state index contributed by atoms with van der Waals surface area (Å²) in [5, 5.41) is 0. The third-order valence-electron chi connectivity index (χ3n) is 2.62. The lowest BCUT2D eigenvalue weighted by molar-refractivity contribution is 0.0988. The molecule has 0 fully saturated rings. The first-order valence-electron chi connectivity index (χ1n) is 5.61. The lowest BCUT2D eigenvalue weighted by Crippen LogP contribution is -2.27. The summed E-state index contributed by atoms with van der Waals surface area (Å²) in [4.78, 5) is 21.5. The van der Waals surface area contributed by atoms with Crippen molar-refractivity contribution in [3.05, 3.63) is 42.4 Å². The van der Waals surface area contributed by atoms with Gasteiger partial charge in [-0.05, 0) is 12.1 Å². The van der Waals surface area contributed by atoms with Crippen molar-refractivity contribution in [2.45, 2.75) is 0 Å². The molecule has 2 aromatic rings. The monoisotopic (exact) mass is 258 g/mol. The molecule has 1 amide bonds. The van der Waals surface area contributed by atoms with E-state index in [1.807, 2.05) is 12.1 Å². The van der Waals surface area contributed by atoms with Gasteiger partial charge in [0.15, 0.2) is 0 Å². The summed E-state index contributed by atoms with van der Waals surface area (Å²) >= 11 is 0. The molecule has 2 rings (SSSR count). The van der Waals surface area contributed by atoms with E-state index in [1.54, 1.807) is 26.3 Å². The van der Waals surface area contributed by atoms with Gasteiger partial charge >= 0.3 is 0 Å². The second-order valence-corrected chi connectivity index (χ2v) is 3.89. The first-order valence-corrected chi connectivity index (χ1v) is 5.61. The molecule has 0 bridgehead atoms. The predicted molar refractivity (Wildman–Crippen MR) is 72.2 cm³/mol. The van der Waals surface area contributed by atoms with Gasteiger partial charge in [-0.25, -0.2) is 4.98 Å². The first kappa shape index (κ1) is 12.8. The molecule has 1 aromatic heterocycles. The van der Waals surface area contributed by atoms with Crippen molar-refractivity contribution in [2.24, 2.45) is 0 Å². The fraction of sp³-hybridized carbons (Fsp3) is 0.154. The highest BCUT2D eigenvalue weighted by Gasteiger charge is 2.15. The molecule has 0 spiro atoms. The highest BCUT2D eigenvalue weighted by molar-refractivity contribution is 6.04. The Kier molecular flexibility index (Phi) is 3.61. The summed E-state index contributed by atoms with van der Waals surface area (Å²) in [6, 6.07) is 7.18. The minimum Gasteiger partial charge on any atom is -0.497 e. The molecule has 1 aromatic carbocycles. The van der Waals surface area contributed by atoms with Gasteiger partial charge in [-0.3, -0.25) is 9.78 Å². The highest BCUT2D eigenvalue weighted by atomic mass is 16.5. The Morgan fingerprint density at radius 1 is 1.37 bits per heavy atom. The topological polar surface area (TPSA) is 81.3 Å². The van der Waals surface area contributed by atoms with Crippen molar-refractivity contribution in [1.82, 2.24) is 9.97 Å². The van der Waals surface area contributed by atoms with Crippen LogP contribution in [0.15, 0.2) is 36.7 Å². The average Bonchev–Trinajstić information content (AvgIpc) is 2.45. The van der Waals surface area contributed by atoms with E-state index in [9.17, 15) is 4.79 Å². The molecule has 1 heterocycles. The van der Waals surface area contributed by atoms with Crippen molar-refractivity contribution < 1.29 is 9.53 Å². The molecule has 0 saturated heterocycles. The number of ether oxygens (including phenoxy) is 1. The van der Waals surface area contributed by atoms with Gasteiger partial charge in [0.1, 0.15) is 17.3 Å². The number of nitrogens with two attached hydrogens (primary N) is 1. The van der Waals surface area contributed by atoms with Crippen LogP contribution >= 0.6 is 0 Å². The summed E-state index contributed by atoms with van der Waals surface area (Å²) in [6.45, 7) is 0. The third-order valence-corrected chi connectivity index (χ3v) is 2.62. The Balaban J connectivity index is 2.28. The number of nitrogen functional groups attached to an aromatic ring is 1. The zero-order chi connectivity index (χ0) is 13.8. The second-order valence-electron chi connectivity index (χ2n) is 3.89. The number of hydrogen-bond acceptors (Lipinski definition) is 5. The third kappa shape index (κ3) is 2.79. The van der Waals surface area contributed by atoms with Gasteiger partial charge in [0.25, 0.3) is 5.91 Å². The van der Waals surface area contributed by atoms with Gasteiger partial charge < -0.3 is 15.4 Å². The fourth-order valence-corrected chi connectivity index (χ4v) is 1.59. The summed E-state index contributed by atoms with van der Waals surface area (Å²) in [7, 11) is 3.23. The van der Waals surface area contributed by atoms with Gasteiger partial charge in [-0.15, -0.1) is 0 Å². The first-order chi connectivity index (χ1) is 9.11. The summed E-state index contributed by atoms with van der Waals surface area (Å²) < 4.78 is 5.12. The molecule has 19 heavy (non-hydrogen) atoms. The number of amides is 1. The van der Waals surface area contributed by atoms with E-state index in [-0.39, 0.29) is 17.4 Å². The SMILES string of the molecule is COc1cccc(N(C)C(=O)c2cncc(N)n2)c1. The van der Waals surface area contributed by atoms with Crippen molar-refractivity contribution >= 4 is 17.4 Å². The normalized spacial score (nSPS) is 10.0. The van der Waals surface area contributed by atoms with Crippen LogP contribution in [0.1, 0.15) is 10.5 Å². The van der Waals surface area contributed by atoms with E-state index in [1.165, 1.54) is 17.3 Å². The fourth-order valence-electron chi connectivity index (χ4n) is 1.59. The second kappa shape index (κ2) is 5.34. The number of carbonyl (C=O) groups is 1. The van der Waals surface area contributed by atoms with Crippen LogP contribution in [-0.2, 0) is 0 Å². The number of anilines is 2.